The molecule has 0 spiro atoms. The maximum atomic E-state index is 8.98. The lowest BCUT2D eigenvalue weighted by Gasteiger charge is -2.07. The number of anilines is 1. The zero-order valence-electron chi connectivity index (χ0n) is 8.40. The molecule has 0 unspecified atom stereocenters. The number of halogens is 1. The summed E-state index contributed by atoms with van der Waals surface area (Å²) in [5.41, 5.74) is 2.48. The lowest BCUT2D eigenvalue weighted by atomic mass is 10.2. The second kappa shape index (κ2) is 5.02. The molecule has 0 fully saturated rings. The first-order valence-corrected chi connectivity index (χ1v) is 6.07. The number of hydrogen-bond donors (Lipinski definition) is 1. The molecular formula is C12H9ClN2S. The van der Waals surface area contributed by atoms with Gasteiger partial charge in [0.15, 0.2) is 0 Å². The lowest BCUT2D eigenvalue weighted by molar-refractivity contribution is 1.16. The molecule has 0 bridgehead atoms. The van der Waals surface area contributed by atoms with Gasteiger partial charge < -0.3 is 5.32 Å². The fourth-order valence-electron chi connectivity index (χ4n) is 1.38. The van der Waals surface area contributed by atoms with Crippen LogP contribution in [0, 0.1) is 11.3 Å². The van der Waals surface area contributed by atoms with Crippen LogP contribution in [0.2, 0.25) is 5.02 Å². The van der Waals surface area contributed by atoms with Crippen LogP contribution < -0.4 is 5.32 Å². The van der Waals surface area contributed by atoms with Crippen LogP contribution in [-0.2, 0) is 6.54 Å². The van der Waals surface area contributed by atoms with E-state index in [0.717, 1.165) is 5.69 Å². The molecule has 0 radical (unpaired) electrons. The first-order chi connectivity index (χ1) is 7.81. The normalized spacial score (nSPS) is 9.75. The Bertz CT molecular complexity index is 514. The van der Waals surface area contributed by atoms with Gasteiger partial charge in [-0.2, -0.15) is 16.6 Å². The highest BCUT2D eigenvalue weighted by Crippen LogP contribution is 2.23. The van der Waals surface area contributed by atoms with Crippen molar-refractivity contribution in [3.05, 3.63) is 51.2 Å². The van der Waals surface area contributed by atoms with Gasteiger partial charge in [0.05, 0.1) is 16.3 Å². The number of nitrogens with zero attached hydrogens (tertiary/aromatic N) is 1. The van der Waals surface area contributed by atoms with E-state index in [9.17, 15) is 0 Å². The predicted molar refractivity (Wildman–Crippen MR) is 67.8 cm³/mol. The minimum atomic E-state index is 0.484. The van der Waals surface area contributed by atoms with Crippen molar-refractivity contribution in [1.29, 1.82) is 5.26 Å². The van der Waals surface area contributed by atoms with Gasteiger partial charge in [0.1, 0.15) is 6.07 Å². The Labute approximate surface area is 103 Å². The van der Waals surface area contributed by atoms with Crippen molar-refractivity contribution >= 4 is 28.6 Å². The summed E-state index contributed by atoms with van der Waals surface area (Å²) in [4.78, 5) is 0. The van der Waals surface area contributed by atoms with Gasteiger partial charge in [-0.3, -0.25) is 0 Å². The number of nitriles is 1. The van der Waals surface area contributed by atoms with Gasteiger partial charge in [-0.1, -0.05) is 17.7 Å². The van der Waals surface area contributed by atoms with Crippen molar-refractivity contribution in [2.75, 3.05) is 5.32 Å². The molecule has 4 heteroatoms. The SMILES string of the molecule is N#Cc1c(Cl)cccc1NCc1ccsc1. The third-order valence-corrected chi connectivity index (χ3v) is 3.24. The van der Waals surface area contributed by atoms with Gasteiger partial charge in [-0.05, 0) is 34.5 Å². The quantitative estimate of drug-likeness (QED) is 0.895. The number of hydrogen-bond acceptors (Lipinski definition) is 3. The van der Waals surface area contributed by atoms with Crippen molar-refractivity contribution in [3.8, 4) is 6.07 Å². The average molecular weight is 249 g/mol. The first-order valence-electron chi connectivity index (χ1n) is 4.75. The number of nitrogens with one attached hydrogen (secondary N) is 1. The van der Waals surface area contributed by atoms with Crippen LogP contribution in [0.25, 0.3) is 0 Å². The molecular weight excluding hydrogens is 240 g/mol. The minimum absolute atomic E-state index is 0.484. The molecule has 0 aliphatic heterocycles. The number of rotatable bonds is 3. The lowest BCUT2D eigenvalue weighted by Crippen LogP contribution is -2.00. The van der Waals surface area contributed by atoms with Crippen molar-refractivity contribution in [2.24, 2.45) is 0 Å². The minimum Gasteiger partial charge on any atom is -0.380 e. The standard InChI is InChI=1S/C12H9ClN2S/c13-11-2-1-3-12(10(11)6-14)15-7-9-4-5-16-8-9/h1-5,8,15H,7H2. The van der Waals surface area contributed by atoms with Gasteiger partial charge in [0.2, 0.25) is 0 Å². The Morgan fingerprint density at radius 2 is 2.25 bits per heavy atom. The summed E-state index contributed by atoms with van der Waals surface area (Å²) in [6.45, 7) is 0.707. The summed E-state index contributed by atoms with van der Waals surface area (Å²) >= 11 is 7.59. The highest BCUT2D eigenvalue weighted by atomic mass is 35.5. The van der Waals surface area contributed by atoms with Crippen molar-refractivity contribution in [1.82, 2.24) is 0 Å². The van der Waals surface area contributed by atoms with Crippen LogP contribution in [0.4, 0.5) is 5.69 Å². The topological polar surface area (TPSA) is 35.8 Å². The molecule has 2 nitrogen and oxygen atoms in total. The second-order valence-corrected chi connectivity index (χ2v) is 4.45. The highest BCUT2D eigenvalue weighted by Gasteiger charge is 2.05. The van der Waals surface area contributed by atoms with Crippen molar-refractivity contribution in [3.63, 3.8) is 0 Å². The van der Waals surface area contributed by atoms with E-state index in [4.69, 9.17) is 16.9 Å². The van der Waals surface area contributed by atoms with E-state index in [1.165, 1.54) is 5.56 Å². The molecule has 0 atom stereocenters. The average Bonchev–Trinajstić information content (AvgIpc) is 2.79. The van der Waals surface area contributed by atoms with Crippen molar-refractivity contribution < 1.29 is 0 Å². The molecule has 80 valence electrons. The zero-order chi connectivity index (χ0) is 11.4. The molecule has 0 saturated heterocycles. The highest BCUT2D eigenvalue weighted by molar-refractivity contribution is 7.07. The summed E-state index contributed by atoms with van der Waals surface area (Å²) in [6.07, 6.45) is 0. The Morgan fingerprint density at radius 3 is 2.94 bits per heavy atom. The van der Waals surface area contributed by atoms with E-state index >= 15 is 0 Å². The zero-order valence-corrected chi connectivity index (χ0v) is 9.98. The smallest absolute Gasteiger partial charge is 0.103 e. The van der Waals surface area contributed by atoms with Gasteiger partial charge >= 0.3 is 0 Å². The van der Waals surface area contributed by atoms with E-state index in [0.29, 0.717) is 17.1 Å². The molecule has 0 aliphatic rings. The van der Waals surface area contributed by atoms with E-state index in [1.54, 1.807) is 17.4 Å². The molecule has 2 rings (SSSR count). The van der Waals surface area contributed by atoms with Crippen LogP contribution >= 0.6 is 22.9 Å². The summed E-state index contributed by atoms with van der Waals surface area (Å²) in [7, 11) is 0. The fraction of sp³-hybridized carbons (Fsp3) is 0.0833. The van der Waals surface area contributed by atoms with Gasteiger partial charge in [-0.25, -0.2) is 0 Å². The Hall–Kier alpha value is -1.50. The molecule has 1 N–H and O–H groups in total. The number of thiophene rings is 1. The largest absolute Gasteiger partial charge is 0.380 e. The monoisotopic (exact) mass is 248 g/mol. The molecule has 16 heavy (non-hydrogen) atoms. The maximum Gasteiger partial charge on any atom is 0.103 e. The second-order valence-electron chi connectivity index (χ2n) is 3.26. The molecule has 0 aliphatic carbocycles. The third-order valence-electron chi connectivity index (χ3n) is 2.19. The van der Waals surface area contributed by atoms with Crippen LogP contribution in [0.15, 0.2) is 35.0 Å². The molecule has 1 aromatic carbocycles. The van der Waals surface area contributed by atoms with Crippen LogP contribution in [0.1, 0.15) is 11.1 Å². The molecule has 1 heterocycles. The van der Waals surface area contributed by atoms with E-state index in [-0.39, 0.29) is 0 Å². The Kier molecular flexibility index (Phi) is 3.45. The molecule has 1 aromatic heterocycles. The summed E-state index contributed by atoms with van der Waals surface area (Å²) in [6, 6.07) is 9.56. The number of benzene rings is 1. The van der Waals surface area contributed by atoms with Crippen LogP contribution in [0.5, 0.6) is 0 Å². The third kappa shape index (κ3) is 2.35. The van der Waals surface area contributed by atoms with Gasteiger partial charge in [0, 0.05) is 6.54 Å². The van der Waals surface area contributed by atoms with Gasteiger partial charge in [-0.15, -0.1) is 0 Å². The van der Waals surface area contributed by atoms with E-state index in [2.05, 4.69) is 16.8 Å². The van der Waals surface area contributed by atoms with E-state index in [1.807, 2.05) is 23.6 Å². The van der Waals surface area contributed by atoms with Crippen LogP contribution in [0.3, 0.4) is 0 Å². The Balaban J connectivity index is 2.16. The summed E-state index contributed by atoms with van der Waals surface area (Å²) in [5, 5.41) is 16.8. The summed E-state index contributed by atoms with van der Waals surface area (Å²) in [5.74, 6) is 0. The Morgan fingerprint density at radius 1 is 1.38 bits per heavy atom. The molecule has 2 aromatic rings. The maximum absolute atomic E-state index is 8.98. The fourth-order valence-corrected chi connectivity index (χ4v) is 2.26. The first kappa shape index (κ1) is 11.0. The van der Waals surface area contributed by atoms with Crippen LogP contribution in [-0.4, -0.2) is 0 Å². The predicted octanol–water partition coefficient (Wildman–Crippen LogP) is 3.89. The molecule has 0 amide bonds. The summed E-state index contributed by atoms with van der Waals surface area (Å²) < 4.78 is 0. The van der Waals surface area contributed by atoms with Gasteiger partial charge in [0.25, 0.3) is 0 Å². The molecule has 0 saturated carbocycles. The van der Waals surface area contributed by atoms with Crippen molar-refractivity contribution in [2.45, 2.75) is 6.54 Å². The van der Waals surface area contributed by atoms with E-state index < -0.39 is 0 Å².